The molecule has 0 amide bonds. The Morgan fingerprint density at radius 2 is 1.52 bits per heavy atom. The molecule has 1 aromatic carbocycles. The maximum absolute atomic E-state index is 6.38. The Morgan fingerprint density at radius 1 is 0.905 bits per heavy atom. The molecule has 1 aromatic rings. The topological polar surface area (TPSA) is 0 Å². The number of allylic oxidation sites excluding steroid dienone is 2. The molecule has 2 fully saturated rings. The predicted octanol–water partition coefficient (Wildman–Crippen LogP) is 6.53. The zero-order valence-electron chi connectivity index (χ0n) is 12.8. The van der Waals surface area contributed by atoms with E-state index in [1.807, 2.05) is 12.1 Å². The van der Waals surface area contributed by atoms with Gasteiger partial charge in [0, 0.05) is 10.9 Å². The van der Waals surface area contributed by atoms with Gasteiger partial charge in [-0.1, -0.05) is 73.4 Å². The summed E-state index contributed by atoms with van der Waals surface area (Å²) in [5.74, 6) is 1.83. The van der Waals surface area contributed by atoms with E-state index >= 15 is 0 Å². The van der Waals surface area contributed by atoms with Gasteiger partial charge in [0.1, 0.15) is 0 Å². The standard InChI is InChI=1S/C20H25Cl/c1-14-12-17(18-10-6-7-11-19(18)21)13-15(2)20(14)16-8-4-3-5-9-16/h6-7,10-11,16-17,20H,1-5,8-9,12-13H2. The number of benzene rings is 1. The highest BCUT2D eigenvalue weighted by Gasteiger charge is 2.34. The van der Waals surface area contributed by atoms with Crippen molar-refractivity contribution in [3.63, 3.8) is 0 Å². The molecule has 0 aromatic heterocycles. The molecule has 3 rings (SSSR count). The van der Waals surface area contributed by atoms with Crippen LogP contribution in [-0.4, -0.2) is 0 Å². The Bertz CT molecular complexity index is 519. The number of hydrogen-bond donors (Lipinski definition) is 0. The van der Waals surface area contributed by atoms with Gasteiger partial charge >= 0.3 is 0 Å². The van der Waals surface area contributed by atoms with E-state index in [0.717, 1.165) is 23.8 Å². The van der Waals surface area contributed by atoms with Crippen molar-refractivity contribution in [3.05, 3.63) is 59.2 Å². The van der Waals surface area contributed by atoms with E-state index in [2.05, 4.69) is 25.3 Å². The summed E-state index contributed by atoms with van der Waals surface area (Å²) in [6.45, 7) is 8.85. The minimum atomic E-state index is 0.471. The van der Waals surface area contributed by atoms with E-state index in [0.29, 0.717) is 11.8 Å². The minimum Gasteiger partial charge on any atom is -0.0992 e. The lowest BCUT2D eigenvalue weighted by Crippen LogP contribution is -2.26. The SMILES string of the molecule is C=C1CC(c2ccccc2Cl)CC(=C)C1C1CCCCC1. The molecule has 1 heteroatoms. The lowest BCUT2D eigenvalue weighted by Gasteiger charge is -2.39. The Morgan fingerprint density at radius 3 is 2.14 bits per heavy atom. The van der Waals surface area contributed by atoms with Gasteiger partial charge in [-0.2, -0.15) is 0 Å². The maximum Gasteiger partial charge on any atom is 0.0441 e. The van der Waals surface area contributed by atoms with Crippen LogP contribution in [0.1, 0.15) is 56.4 Å². The predicted molar refractivity (Wildman–Crippen MR) is 91.8 cm³/mol. The molecular formula is C20H25Cl. The highest BCUT2D eigenvalue weighted by Crippen LogP contribution is 2.48. The molecule has 0 heterocycles. The van der Waals surface area contributed by atoms with Gasteiger partial charge in [0.25, 0.3) is 0 Å². The summed E-state index contributed by atoms with van der Waals surface area (Å²) in [5.41, 5.74) is 4.05. The quantitative estimate of drug-likeness (QED) is 0.545. The molecule has 0 radical (unpaired) electrons. The van der Waals surface area contributed by atoms with Gasteiger partial charge < -0.3 is 0 Å². The first-order valence-corrected chi connectivity index (χ1v) is 8.64. The lowest BCUT2D eigenvalue weighted by atomic mass is 9.66. The molecule has 2 aliphatic carbocycles. The molecule has 0 bridgehead atoms. The first-order valence-electron chi connectivity index (χ1n) is 8.26. The van der Waals surface area contributed by atoms with Crippen molar-refractivity contribution >= 4 is 11.6 Å². The highest BCUT2D eigenvalue weighted by molar-refractivity contribution is 6.31. The molecular weight excluding hydrogens is 276 g/mol. The van der Waals surface area contributed by atoms with Gasteiger partial charge in [-0.15, -0.1) is 0 Å². The largest absolute Gasteiger partial charge is 0.0992 e. The summed E-state index contributed by atoms with van der Waals surface area (Å²) in [6.07, 6.45) is 9.04. The molecule has 0 spiro atoms. The van der Waals surface area contributed by atoms with Crippen LogP contribution in [0.15, 0.2) is 48.6 Å². The summed E-state index contributed by atoms with van der Waals surface area (Å²) in [7, 11) is 0. The van der Waals surface area contributed by atoms with E-state index in [1.54, 1.807) is 0 Å². The second kappa shape index (κ2) is 6.40. The van der Waals surface area contributed by atoms with Crippen LogP contribution in [0.4, 0.5) is 0 Å². The lowest BCUT2D eigenvalue weighted by molar-refractivity contribution is 0.280. The monoisotopic (exact) mass is 300 g/mol. The normalized spacial score (nSPS) is 27.9. The van der Waals surface area contributed by atoms with Crippen LogP contribution in [0.3, 0.4) is 0 Å². The molecule has 0 aliphatic heterocycles. The summed E-state index contributed by atoms with van der Waals surface area (Å²) in [6, 6.07) is 8.24. The van der Waals surface area contributed by atoms with Crippen LogP contribution >= 0.6 is 11.6 Å². The molecule has 2 saturated carbocycles. The fraction of sp³-hybridized carbons (Fsp3) is 0.500. The van der Waals surface area contributed by atoms with Gasteiger partial charge in [-0.25, -0.2) is 0 Å². The second-order valence-corrected chi connectivity index (χ2v) is 7.23. The van der Waals surface area contributed by atoms with Gasteiger partial charge in [0.2, 0.25) is 0 Å². The molecule has 2 aliphatic rings. The first-order chi connectivity index (χ1) is 10.2. The van der Waals surface area contributed by atoms with Crippen LogP contribution in [0.5, 0.6) is 0 Å². The zero-order chi connectivity index (χ0) is 14.8. The van der Waals surface area contributed by atoms with Crippen molar-refractivity contribution in [2.45, 2.75) is 50.9 Å². The van der Waals surface area contributed by atoms with Crippen LogP contribution in [0.25, 0.3) is 0 Å². The Kier molecular flexibility index (Phi) is 4.54. The van der Waals surface area contributed by atoms with Gasteiger partial charge in [0.05, 0.1) is 0 Å². The Hall–Kier alpha value is -1.01. The highest BCUT2D eigenvalue weighted by atomic mass is 35.5. The van der Waals surface area contributed by atoms with Crippen molar-refractivity contribution in [1.29, 1.82) is 0 Å². The van der Waals surface area contributed by atoms with E-state index in [9.17, 15) is 0 Å². The molecule has 112 valence electrons. The second-order valence-electron chi connectivity index (χ2n) is 6.82. The number of hydrogen-bond acceptors (Lipinski definition) is 0. The molecule has 0 atom stereocenters. The molecule has 0 saturated heterocycles. The summed E-state index contributed by atoms with van der Waals surface area (Å²) in [5, 5.41) is 0.888. The van der Waals surface area contributed by atoms with Crippen LogP contribution in [0, 0.1) is 11.8 Å². The van der Waals surface area contributed by atoms with Crippen molar-refractivity contribution in [2.24, 2.45) is 11.8 Å². The van der Waals surface area contributed by atoms with Crippen LogP contribution < -0.4 is 0 Å². The maximum atomic E-state index is 6.38. The third-order valence-corrected chi connectivity index (χ3v) is 5.71. The van der Waals surface area contributed by atoms with E-state index < -0.39 is 0 Å². The fourth-order valence-electron chi connectivity index (χ4n) is 4.41. The van der Waals surface area contributed by atoms with Crippen molar-refractivity contribution < 1.29 is 0 Å². The van der Waals surface area contributed by atoms with Crippen LogP contribution in [-0.2, 0) is 0 Å². The van der Waals surface area contributed by atoms with Gasteiger partial charge in [-0.3, -0.25) is 0 Å². The average Bonchev–Trinajstić information content (AvgIpc) is 2.48. The Labute approximate surface area is 133 Å². The van der Waals surface area contributed by atoms with Crippen molar-refractivity contribution in [3.8, 4) is 0 Å². The van der Waals surface area contributed by atoms with Gasteiger partial charge in [-0.05, 0) is 49.1 Å². The van der Waals surface area contributed by atoms with E-state index in [4.69, 9.17) is 11.6 Å². The molecule has 21 heavy (non-hydrogen) atoms. The fourth-order valence-corrected chi connectivity index (χ4v) is 4.70. The first kappa shape index (κ1) is 14.9. The molecule has 0 N–H and O–H groups in total. The Balaban J connectivity index is 1.76. The van der Waals surface area contributed by atoms with Gasteiger partial charge in [0.15, 0.2) is 0 Å². The third-order valence-electron chi connectivity index (χ3n) is 5.36. The molecule has 0 nitrogen and oxygen atoms in total. The van der Waals surface area contributed by atoms with E-state index in [-0.39, 0.29) is 0 Å². The van der Waals surface area contributed by atoms with Crippen LogP contribution in [0.2, 0.25) is 5.02 Å². The smallest absolute Gasteiger partial charge is 0.0441 e. The number of rotatable bonds is 2. The van der Waals surface area contributed by atoms with Crippen molar-refractivity contribution in [2.75, 3.05) is 0 Å². The van der Waals surface area contributed by atoms with Crippen molar-refractivity contribution in [1.82, 2.24) is 0 Å². The van der Waals surface area contributed by atoms with E-state index in [1.165, 1.54) is 48.8 Å². The number of halogens is 1. The average molecular weight is 301 g/mol. The zero-order valence-corrected chi connectivity index (χ0v) is 13.5. The molecule has 0 unspecified atom stereocenters. The minimum absolute atomic E-state index is 0.471. The third kappa shape index (κ3) is 3.11. The summed E-state index contributed by atoms with van der Waals surface area (Å²) < 4.78 is 0. The summed E-state index contributed by atoms with van der Waals surface area (Å²) >= 11 is 6.38. The summed E-state index contributed by atoms with van der Waals surface area (Å²) in [4.78, 5) is 0.